The number of carboxylic acids is 2. The summed E-state index contributed by atoms with van der Waals surface area (Å²) in [6, 6.07) is -1.27. The summed E-state index contributed by atoms with van der Waals surface area (Å²) < 4.78 is 22.9. The van der Waals surface area contributed by atoms with Gasteiger partial charge in [-0.05, 0) is 6.42 Å². The highest BCUT2D eigenvalue weighted by atomic mass is 32.2. The van der Waals surface area contributed by atoms with Crippen molar-refractivity contribution in [2.75, 3.05) is 18.1 Å². The number of nitrogens with one attached hydrogen (secondary N) is 1. The van der Waals surface area contributed by atoms with E-state index in [0.717, 1.165) is 0 Å². The van der Waals surface area contributed by atoms with Gasteiger partial charge in [0.05, 0.1) is 11.5 Å². The van der Waals surface area contributed by atoms with E-state index in [9.17, 15) is 22.8 Å². The number of hydrogen-bond donors (Lipinski definition) is 4. The van der Waals surface area contributed by atoms with E-state index in [1.807, 2.05) is 5.32 Å². The molecule has 110 valence electrons. The van der Waals surface area contributed by atoms with E-state index >= 15 is 0 Å². The maximum absolute atomic E-state index is 11.5. The van der Waals surface area contributed by atoms with Crippen LogP contribution in [-0.2, 0) is 24.2 Å². The first-order valence-electron chi connectivity index (χ1n) is 5.31. The number of carboxylic acid groups (broad SMARTS) is 2. The van der Waals surface area contributed by atoms with Gasteiger partial charge in [-0.25, -0.2) is 8.42 Å². The molecule has 19 heavy (non-hydrogen) atoms. The summed E-state index contributed by atoms with van der Waals surface area (Å²) in [4.78, 5) is 31.6. The second kappa shape index (κ2) is 7.69. The highest BCUT2D eigenvalue weighted by molar-refractivity contribution is 7.91. The summed E-state index contributed by atoms with van der Waals surface area (Å²) in [5.74, 6) is -4.15. The van der Waals surface area contributed by atoms with Crippen LogP contribution in [0.3, 0.4) is 0 Å². The molecule has 0 spiro atoms. The maximum atomic E-state index is 11.5. The first-order valence-corrected chi connectivity index (χ1v) is 7.13. The van der Waals surface area contributed by atoms with Crippen molar-refractivity contribution in [1.82, 2.24) is 5.32 Å². The topological polar surface area (TPSA) is 164 Å². The zero-order valence-electron chi connectivity index (χ0n) is 10.0. The lowest BCUT2D eigenvalue weighted by molar-refractivity contribution is -0.138. The molecule has 0 aromatic rings. The van der Waals surface area contributed by atoms with Crippen LogP contribution in [0.2, 0.25) is 0 Å². The van der Waals surface area contributed by atoms with Gasteiger partial charge in [0.1, 0.15) is 12.6 Å². The Morgan fingerprint density at radius 1 is 1.16 bits per heavy atom. The second-order valence-electron chi connectivity index (χ2n) is 3.81. The Kier molecular flexibility index (Phi) is 7.01. The van der Waals surface area contributed by atoms with Gasteiger partial charge < -0.3 is 21.3 Å². The number of aliphatic carboxylic acids is 2. The van der Waals surface area contributed by atoms with E-state index in [4.69, 9.17) is 15.9 Å². The number of carbonyl (C=O) groups is 3. The molecule has 0 aromatic heterocycles. The largest absolute Gasteiger partial charge is 0.480 e. The normalized spacial score (nSPS) is 12.7. The number of rotatable bonds is 9. The van der Waals surface area contributed by atoms with Crippen LogP contribution in [0.1, 0.15) is 12.8 Å². The molecule has 0 fully saturated rings. The fourth-order valence-electron chi connectivity index (χ4n) is 1.04. The third kappa shape index (κ3) is 8.97. The van der Waals surface area contributed by atoms with Crippen LogP contribution in [0.5, 0.6) is 0 Å². The number of sulfone groups is 1. The van der Waals surface area contributed by atoms with E-state index in [1.54, 1.807) is 0 Å². The van der Waals surface area contributed by atoms with Gasteiger partial charge in [0, 0.05) is 6.42 Å². The molecule has 0 rings (SSSR count). The van der Waals surface area contributed by atoms with E-state index < -0.39 is 51.8 Å². The van der Waals surface area contributed by atoms with Crippen LogP contribution in [-0.4, -0.2) is 60.6 Å². The molecule has 0 aliphatic heterocycles. The summed E-state index contributed by atoms with van der Waals surface area (Å²) in [7, 11) is -3.60. The van der Waals surface area contributed by atoms with E-state index in [0.29, 0.717) is 0 Å². The van der Waals surface area contributed by atoms with Crippen molar-refractivity contribution in [3.05, 3.63) is 0 Å². The van der Waals surface area contributed by atoms with Gasteiger partial charge in [-0.3, -0.25) is 14.4 Å². The summed E-state index contributed by atoms with van der Waals surface area (Å²) in [6.07, 6.45) is -0.619. The molecule has 0 aliphatic carbocycles. The average Bonchev–Trinajstić information content (AvgIpc) is 2.30. The third-order valence-electron chi connectivity index (χ3n) is 2.13. The van der Waals surface area contributed by atoms with Crippen molar-refractivity contribution in [3.8, 4) is 0 Å². The molecule has 5 N–H and O–H groups in total. The first kappa shape index (κ1) is 17.3. The maximum Gasteiger partial charge on any atom is 0.322 e. The SMILES string of the molecule is N[C@@H](CCS(=O)(=O)CCC(=O)NCC(=O)O)C(=O)O. The molecule has 0 saturated carbocycles. The number of hydrogen-bond acceptors (Lipinski definition) is 6. The van der Waals surface area contributed by atoms with Crippen molar-refractivity contribution >= 4 is 27.7 Å². The molecular weight excluding hydrogens is 280 g/mol. The Bertz CT molecular complexity index is 445. The molecule has 1 amide bonds. The van der Waals surface area contributed by atoms with Gasteiger partial charge in [0.15, 0.2) is 9.84 Å². The van der Waals surface area contributed by atoms with E-state index in [1.165, 1.54) is 0 Å². The Labute approximate surface area is 109 Å². The fraction of sp³-hybridized carbons (Fsp3) is 0.667. The van der Waals surface area contributed by atoms with Crippen LogP contribution in [0.4, 0.5) is 0 Å². The van der Waals surface area contributed by atoms with Crippen molar-refractivity contribution in [3.63, 3.8) is 0 Å². The Balaban J connectivity index is 4.07. The lowest BCUT2D eigenvalue weighted by Crippen LogP contribution is -2.33. The number of carbonyl (C=O) groups excluding carboxylic acids is 1. The highest BCUT2D eigenvalue weighted by Crippen LogP contribution is 2.00. The van der Waals surface area contributed by atoms with Crippen molar-refractivity contribution in [2.45, 2.75) is 18.9 Å². The molecule has 0 unspecified atom stereocenters. The predicted molar refractivity (Wildman–Crippen MR) is 64.1 cm³/mol. The lowest BCUT2D eigenvalue weighted by atomic mass is 10.2. The Morgan fingerprint density at radius 3 is 2.21 bits per heavy atom. The minimum absolute atomic E-state index is 0.242. The van der Waals surface area contributed by atoms with Gasteiger partial charge >= 0.3 is 11.9 Å². The van der Waals surface area contributed by atoms with Crippen molar-refractivity contribution < 1.29 is 33.0 Å². The van der Waals surface area contributed by atoms with Crippen LogP contribution < -0.4 is 11.1 Å². The minimum Gasteiger partial charge on any atom is -0.480 e. The van der Waals surface area contributed by atoms with Crippen molar-refractivity contribution in [2.24, 2.45) is 5.73 Å². The smallest absolute Gasteiger partial charge is 0.322 e. The summed E-state index contributed by atoms with van der Waals surface area (Å²) >= 11 is 0. The summed E-state index contributed by atoms with van der Waals surface area (Å²) in [5, 5.41) is 18.8. The summed E-state index contributed by atoms with van der Waals surface area (Å²) in [6.45, 7) is -0.581. The predicted octanol–water partition coefficient (Wildman–Crippen LogP) is -2.21. The molecule has 0 saturated heterocycles. The van der Waals surface area contributed by atoms with Crippen LogP contribution in [0.25, 0.3) is 0 Å². The van der Waals surface area contributed by atoms with Crippen LogP contribution >= 0.6 is 0 Å². The lowest BCUT2D eigenvalue weighted by Gasteiger charge is -2.07. The number of nitrogens with two attached hydrogens (primary N) is 1. The molecular formula is C9H16N2O7S. The Morgan fingerprint density at radius 2 is 1.74 bits per heavy atom. The van der Waals surface area contributed by atoms with Gasteiger partial charge in [0.2, 0.25) is 5.91 Å². The average molecular weight is 296 g/mol. The zero-order valence-corrected chi connectivity index (χ0v) is 10.9. The fourth-order valence-corrected chi connectivity index (χ4v) is 2.36. The van der Waals surface area contributed by atoms with Gasteiger partial charge in [0.25, 0.3) is 0 Å². The quantitative estimate of drug-likeness (QED) is 0.372. The molecule has 10 heteroatoms. The van der Waals surface area contributed by atoms with Gasteiger partial charge in [-0.15, -0.1) is 0 Å². The zero-order chi connectivity index (χ0) is 15.1. The van der Waals surface area contributed by atoms with Gasteiger partial charge in [-0.1, -0.05) is 0 Å². The minimum atomic E-state index is -3.60. The molecule has 0 bridgehead atoms. The second-order valence-corrected chi connectivity index (χ2v) is 6.11. The first-order chi connectivity index (χ1) is 8.64. The monoisotopic (exact) mass is 296 g/mol. The van der Waals surface area contributed by atoms with Crippen LogP contribution in [0, 0.1) is 0 Å². The molecule has 1 atom stereocenters. The van der Waals surface area contributed by atoms with E-state index in [-0.39, 0.29) is 12.8 Å². The Hall–Kier alpha value is -1.68. The highest BCUT2D eigenvalue weighted by Gasteiger charge is 2.18. The summed E-state index contributed by atoms with van der Waals surface area (Å²) in [5.41, 5.74) is 5.15. The van der Waals surface area contributed by atoms with Crippen LogP contribution in [0.15, 0.2) is 0 Å². The molecule has 0 radical (unpaired) electrons. The molecule has 9 nitrogen and oxygen atoms in total. The van der Waals surface area contributed by atoms with Gasteiger partial charge in [-0.2, -0.15) is 0 Å². The molecule has 0 heterocycles. The van der Waals surface area contributed by atoms with Crippen molar-refractivity contribution in [1.29, 1.82) is 0 Å². The standard InChI is InChI=1S/C9H16N2O7S/c10-6(9(15)16)1-3-19(17,18)4-2-7(12)11-5-8(13)14/h6H,1-5,10H2,(H,11,12)(H,13,14)(H,15,16)/t6-/m0/s1. The third-order valence-corrected chi connectivity index (χ3v) is 3.82. The molecule has 0 aromatic carbocycles. The molecule has 0 aliphatic rings. The van der Waals surface area contributed by atoms with E-state index in [2.05, 4.69) is 0 Å². The number of amides is 1.